The lowest BCUT2D eigenvalue weighted by Crippen LogP contribution is -2.18. The van der Waals surface area contributed by atoms with Gasteiger partial charge in [0, 0.05) is 35.8 Å². The Balaban J connectivity index is 1.98. The van der Waals surface area contributed by atoms with Crippen molar-refractivity contribution in [2.75, 3.05) is 0 Å². The predicted octanol–water partition coefficient (Wildman–Crippen LogP) is 2.64. The van der Waals surface area contributed by atoms with Crippen LogP contribution in [0.15, 0.2) is 23.7 Å². The summed E-state index contributed by atoms with van der Waals surface area (Å²) in [6.07, 6.45) is 1.95. The summed E-state index contributed by atoms with van der Waals surface area (Å²) in [4.78, 5) is 1.37. The average molecular weight is 235 g/mol. The number of rotatable bonds is 4. The fraction of sp³-hybridized carbons (Fsp3) is 0.417. The van der Waals surface area contributed by atoms with Gasteiger partial charge in [0.05, 0.1) is 6.20 Å². The standard InChI is InChI=1S/C12H17N3S/c1-9(12-8-14-15(3)10(12)2)13-7-11-5-4-6-16-11/h4-6,8-9,13H,7H2,1-3H3. The third-order valence-electron chi connectivity index (χ3n) is 2.90. The number of nitrogens with one attached hydrogen (secondary N) is 1. The number of aromatic nitrogens is 2. The van der Waals surface area contributed by atoms with Crippen molar-refractivity contribution < 1.29 is 0 Å². The van der Waals surface area contributed by atoms with Gasteiger partial charge in [0.15, 0.2) is 0 Å². The van der Waals surface area contributed by atoms with E-state index in [-0.39, 0.29) is 0 Å². The van der Waals surface area contributed by atoms with Crippen LogP contribution in [0.3, 0.4) is 0 Å². The highest BCUT2D eigenvalue weighted by Gasteiger charge is 2.11. The van der Waals surface area contributed by atoms with Crippen molar-refractivity contribution in [1.29, 1.82) is 0 Å². The Hall–Kier alpha value is -1.13. The molecule has 0 fully saturated rings. The van der Waals surface area contributed by atoms with E-state index in [2.05, 4.69) is 41.8 Å². The Kier molecular flexibility index (Phi) is 3.41. The first kappa shape index (κ1) is 11.4. The number of thiophene rings is 1. The highest BCUT2D eigenvalue weighted by Crippen LogP contribution is 2.17. The van der Waals surface area contributed by atoms with Crippen LogP contribution in [0.1, 0.15) is 29.1 Å². The summed E-state index contributed by atoms with van der Waals surface area (Å²) in [6, 6.07) is 4.58. The average Bonchev–Trinajstić information content (AvgIpc) is 2.88. The lowest BCUT2D eigenvalue weighted by Gasteiger charge is -2.12. The van der Waals surface area contributed by atoms with Crippen LogP contribution in [0.25, 0.3) is 0 Å². The van der Waals surface area contributed by atoms with Crippen molar-refractivity contribution in [2.24, 2.45) is 7.05 Å². The van der Waals surface area contributed by atoms with Crippen LogP contribution >= 0.6 is 11.3 Å². The second kappa shape index (κ2) is 4.80. The molecular weight excluding hydrogens is 218 g/mol. The molecule has 3 nitrogen and oxygen atoms in total. The lowest BCUT2D eigenvalue weighted by atomic mass is 10.1. The number of hydrogen-bond donors (Lipinski definition) is 1. The summed E-state index contributed by atoms with van der Waals surface area (Å²) in [7, 11) is 1.98. The molecule has 86 valence electrons. The maximum Gasteiger partial charge on any atom is 0.0540 e. The number of aryl methyl sites for hydroxylation is 1. The number of nitrogens with zero attached hydrogens (tertiary/aromatic N) is 2. The van der Waals surface area contributed by atoms with Gasteiger partial charge >= 0.3 is 0 Å². The summed E-state index contributed by atoms with van der Waals surface area (Å²) >= 11 is 1.79. The predicted molar refractivity (Wildman–Crippen MR) is 67.5 cm³/mol. The molecule has 0 saturated heterocycles. The van der Waals surface area contributed by atoms with E-state index >= 15 is 0 Å². The zero-order valence-electron chi connectivity index (χ0n) is 9.90. The fourth-order valence-corrected chi connectivity index (χ4v) is 2.37. The minimum atomic E-state index is 0.343. The van der Waals surface area contributed by atoms with Gasteiger partial charge < -0.3 is 5.32 Å². The summed E-state index contributed by atoms with van der Waals surface area (Å²) in [5.74, 6) is 0. The first-order valence-corrected chi connectivity index (χ1v) is 6.30. The van der Waals surface area contributed by atoms with Crippen LogP contribution in [0, 0.1) is 6.92 Å². The van der Waals surface area contributed by atoms with Crippen molar-refractivity contribution in [3.05, 3.63) is 39.8 Å². The van der Waals surface area contributed by atoms with Gasteiger partial charge in [0.25, 0.3) is 0 Å². The van der Waals surface area contributed by atoms with E-state index in [1.165, 1.54) is 16.1 Å². The molecule has 0 bridgehead atoms. The molecule has 16 heavy (non-hydrogen) atoms. The molecule has 0 aliphatic carbocycles. The van der Waals surface area contributed by atoms with E-state index in [1.54, 1.807) is 11.3 Å². The first-order valence-electron chi connectivity index (χ1n) is 5.42. The van der Waals surface area contributed by atoms with Gasteiger partial charge in [-0.25, -0.2) is 0 Å². The van der Waals surface area contributed by atoms with Crippen LogP contribution in [-0.4, -0.2) is 9.78 Å². The molecule has 0 aliphatic heterocycles. The normalized spacial score (nSPS) is 12.9. The molecule has 4 heteroatoms. The summed E-state index contributed by atoms with van der Waals surface area (Å²) < 4.78 is 1.92. The van der Waals surface area contributed by atoms with Gasteiger partial charge in [-0.3, -0.25) is 4.68 Å². The summed E-state index contributed by atoms with van der Waals surface area (Å²) in [6.45, 7) is 5.20. The molecular formula is C12H17N3S. The third kappa shape index (κ3) is 2.33. The quantitative estimate of drug-likeness (QED) is 0.883. The smallest absolute Gasteiger partial charge is 0.0540 e. The number of hydrogen-bond acceptors (Lipinski definition) is 3. The minimum absolute atomic E-state index is 0.343. The fourth-order valence-electron chi connectivity index (χ4n) is 1.72. The Bertz CT molecular complexity index is 445. The van der Waals surface area contributed by atoms with Crippen molar-refractivity contribution in [2.45, 2.75) is 26.4 Å². The Morgan fingerprint density at radius 2 is 2.38 bits per heavy atom. The summed E-state index contributed by atoms with van der Waals surface area (Å²) in [5, 5.41) is 9.88. The minimum Gasteiger partial charge on any atom is -0.305 e. The molecule has 0 radical (unpaired) electrons. The molecule has 0 spiro atoms. The van der Waals surface area contributed by atoms with Gasteiger partial charge in [-0.2, -0.15) is 5.10 Å². The molecule has 0 aliphatic rings. The molecule has 2 rings (SSSR count). The molecule has 0 amide bonds. The lowest BCUT2D eigenvalue weighted by molar-refractivity contribution is 0.574. The summed E-state index contributed by atoms with van der Waals surface area (Å²) in [5.41, 5.74) is 2.50. The largest absolute Gasteiger partial charge is 0.305 e. The highest BCUT2D eigenvalue weighted by molar-refractivity contribution is 7.09. The van der Waals surface area contributed by atoms with Crippen molar-refractivity contribution in [3.8, 4) is 0 Å². The maximum absolute atomic E-state index is 4.26. The van der Waals surface area contributed by atoms with Crippen LogP contribution < -0.4 is 5.32 Å². The van der Waals surface area contributed by atoms with Crippen molar-refractivity contribution in [1.82, 2.24) is 15.1 Å². The molecule has 2 aromatic heterocycles. The topological polar surface area (TPSA) is 29.9 Å². The van der Waals surface area contributed by atoms with Gasteiger partial charge in [-0.15, -0.1) is 11.3 Å². The highest BCUT2D eigenvalue weighted by atomic mass is 32.1. The second-order valence-corrected chi connectivity index (χ2v) is 5.02. The SMILES string of the molecule is Cc1c(C(C)NCc2cccs2)cnn1C. The van der Waals surface area contributed by atoms with Crippen LogP contribution in [-0.2, 0) is 13.6 Å². The van der Waals surface area contributed by atoms with Crippen molar-refractivity contribution >= 4 is 11.3 Å². The van der Waals surface area contributed by atoms with Crippen LogP contribution in [0.2, 0.25) is 0 Å². The molecule has 1 atom stereocenters. The molecule has 1 unspecified atom stereocenters. The van der Waals surface area contributed by atoms with E-state index in [0.29, 0.717) is 6.04 Å². The van der Waals surface area contributed by atoms with E-state index in [9.17, 15) is 0 Å². The van der Waals surface area contributed by atoms with Crippen LogP contribution in [0.5, 0.6) is 0 Å². The monoisotopic (exact) mass is 235 g/mol. The molecule has 0 saturated carbocycles. The third-order valence-corrected chi connectivity index (χ3v) is 3.78. The molecule has 1 N–H and O–H groups in total. The Labute approximate surface area is 100 Å². The van der Waals surface area contributed by atoms with E-state index in [4.69, 9.17) is 0 Å². The zero-order chi connectivity index (χ0) is 11.5. The first-order chi connectivity index (χ1) is 7.68. The molecule has 2 heterocycles. The van der Waals surface area contributed by atoms with E-state index in [1.807, 2.05) is 17.9 Å². The van der Waals surface area contributed by atoms with Gasteiger partial charge in [0.1, 0.15) is 0 Å². The maximum atomic E-state index is 4.26. The molecule has 0 aromatic carbocycles. The Morgan fingerprint density at radius 3 is 2.94 bits per heavy atom. The van der Waals surface area contributed by atoms with E-state index in [0.717, 1.165) is 6.54 Å². The second-order valence-electron chi connectivity index (χ2n) is 3.99. The van der Waals surface area contributed by atoms with Gasteiger partial charge in [0.2, 0.25) is 0 Å². The van der Waals surface area contributed by atoms with Gasteiger partial charge in [-0.1, -0.05) is 6.07 Å². The van der Waals surface area contributed by atoms with Gasteiger partial charge in [-0.05, 0) is 25.3 Å². The van der Waals surface area contributed by atoms with E-state index < -0.39 is 0 Å². The molecule has 2 aromatic rings. The van der Waals surface area contributed by atoms with Crippen molar-refractivity contribution in [3.63, 3.8) is 0 Å². The van der Waals surface area contributed by atoms with Crippen LogP contribution in [0.4, 0.5) is 0 Å². The Morgan fingerprint density at radius 1 is 1.56 bits per heavy atom. The zero-order valence-corrected chi connectivity index (χ0v) is 10.7.